The molecule has 9 heteroatoms. The van der Waals surface area contributed by atoms with E-state index in [0.29, 0.717) is 16.2 Å². The highest BCUT2D eigenvalue weighted by Gasteiger charge is 2.13. The van der Waals surface area contributed by atoms with E-state index in [1.807, 2.05) is 0 Å². The highest BCUT2D eigenvalue weighted by molar-refractivity contribution is 7.12. The molecule has 0 aliphatic rings. The molecule has 0 saturated carbocycles. The van der Waals surface area contributed by atoms with Crippen LogP contribution in [0.2, 0.25) is 0 Å². The third-order valence-electron chi connectivity index (χ3n) is 3.50. The Bertz CT molecular complexity index is 1030. The minimum absolute atomic E-state index is 0.281. The van der Waals surface area contributed by atoms with Gasteiger partial charge in [-0.05, 0) is 65.5 Å². The molecule has 1 heterocycles. The third-order valence-corrected chi connectivity index (χ3v) is 4.35. The maximum Gasteiger partial charge on any atom is 0.353 e. The average Bonchev–Trinajstić information content (AvgIpc) is 3.26. The van der Waals surface area contributed by atoms with Gasteiger partial charge in [-0.15, -0.1) is 11.3 Å². The summed E-state index contributed by atoms with van der Waals surface area (Å²) in [5.74, 6) is -2.45. The second-order valence-corrected chi connectivity index (χ2v) is 6.54. The Morgan fingerprint density at radius 2 is 1.69 bits per heavy atom. The summed E-state index contributed by atoms with van der Waals surface area (Å²) in [4.78, 5) is 35.8. The minimum atomic E-state index is -0.980. The van der Waals surface area contributed by atoms with Gasteiger partial charge in [0.05, 0.1) is 6.21 Å². The quantitative estimate of drug-likeness (QED) is 0.222. The zero-order valence-electron chi connectivity index (χ0n) is 14.8. The number of rotatable bonds is 5. The average molecular weight is 411 g/mol. The molecular weight excluding hydrogens is 397 g/mol. The van der Waals surface area contributed by atoms with Crippen molar-refractivity contribution in [3.8, 4) is 5.75 Å². The van der Waals surface area contributed by atoms with Crippen molar-refractivity contribution in [3.05, 3.63) is 82.3 Å². The van der Waals surface area contributed by atoms with Crippen LogP contribution in [0, 0.1) is 5.82 Å². The first kappa shape index (κ1) is 19.9. The van der Waals surface area contributed by atoms with E-state index in [1.54, 1.807) is 41.8 Å². The molecule has 0 saturated heterocycles. The van der Waals surface area contributed by atoms with Gasteiger partial charge in [0.15, 0.2) is 0 Å². The molecule has 0 unspecified atom stereocenters. The summed E-state index contributed by atoms with van der Waals surface area (Å²) < 4.78 is 18.1. The first-order valence-electron chi connectivity index (χ1n) is 8.27. The maximum absolute atomic E-state index is 12.8. The number of benzene rings is 2. The standard InChI is InChI=1S/C20H14FN3O4S/c21-14-5-7-15(8-6-14)23-18(25)19(26)24-22-12-13-3-9-16(10-4-13)28-20(27)17-2-1-11-29-17/h1-12H,(H,23,25)(H,24,26). The van der Waals surface area contributed by atoms with Crippen LogP contribution in [-0.2, 0) is 9.59 Å². The van der Waals surface area contributed by atoms with Crippen LogP contribution in [0.15, 0.2) is 71.1 Å². The van der Waals surface area contributed by atoms with Crippen molar-refractivity contribution >= 4 is 41.0 Å². The molecule has 0 radical (unpaired) electrons. The molecule has 2 aromatic carbocycles. The Balaban J connectivity index is 1.49. The SMILES string of the molecule is O=C(NN=Cc1ccc(OC(=O)c2cccs2)cc1)C(=O)Nc1ccc(F)cc1. The number of carbonyl (C=O) groups excluding carboxylic acids is 3. The largest absolute Gasteiger partial charge is 0.422 e. The van der Waals surface area contributed by atoms with Gasteiger partial charge in [0, 0.05) is 5.69 Å². The van der Waals surface area contributed by atoms with Crippen molar-refractivity contribution in [1.82, 2.24) is 5.43 Å². The Labute approximate surface area is 168 Å². The lowest BCUT2D eigenvalue weighted by molar-refractivity contribution is -0.136. The van der Waals surface area contributed by atoms with E-state index in [9.17, 15) is 18.8 Å². The normalized spacial score (nSPS) is 10.5. The number of thiophene rings is 1. The molecule has 7 nitrogen and oxygen atoms in total. The number of hydrogen-bond acceptors (Lipinski definition) is 6. The molecule has 0 spiro atoms. The zero-order chi connectivity index (χ0) is 20.6. The summed E-state index contributed by atoms with van der Waals surface area (Å²) in [6.07, 6.45) is 1.33. The van der Waals surface area contributed by atoms with Gasteiger partial charge in [-0.25, -0.2) is 14.6 Å². The lowest BCUT2D eigenvalue weighted by Crippen LogP contribution is -2.32. The Morgan fingerprint density at radius 3 is 2.34 bits per heavy atom. The number of nitrogens with one attached hydrogen (secondary N) is 2. The molecule has 1 aromatic heterocycles. The van der Waals surface area contributed by atoms with Crippen molar-refractivity contribution in [2.24, 2.45) is 5.10 Å². The van der Waals surface area contributed by atoms with Crippen LogP contribution in [0.4, 0.5) is 10.1 Å². The van der Waals surface area contributed by atoms with E-state index < -0.39 is 23.6 Å². The molecule has 2 N–H and O–H groups in total. The minimum Gasteiger partial charge on any atom is -0.422 e. The van der Waals surface area contributed by atoms with E-state index in [2.05, 4.69) is 15.8 Å². The summed E-state index contributed by atoms with van der Waals surface area (Å²) >= 11 is 1.29. The smallest absolute Gasteiger partial charge is 0.353 e. The highest BCUT2D eigenvalue weighted by Crippen LogP contribution is 2.16. The van der Waals surface area contributed by atoms with E-state index in [-0.39, 0.29) is 5.69 Å². The fraction of sp³-hybridized carbons (Fsp3) is 0. The Hall–Kier alpha value is -3.85. The molecule has 29 heavy (non-hydrogen) atoms. The topological polar surface area (TPSA) is 96.9 Å². The predicted molar refractivity (Wildman–Crippen MR) is 106 cm³/mol. The maximum atomic E-state index is 12.8. The first-order chi connectivity index (χ1) is 14.0. The van der Waals surface area contributed by atoms with Crippen LogP contribution >= 0.6 is 11.3 Å². The van der Waals surface area contributed by atoms with Crippen molar-refractivity contribution in [2.45, 2.75) is 0 Å². The molecule has 146 valence electrons. The van der Waals surface area contributed by atoms with E-state index >= 15 is 0 Å². The second kappa shape index (κ2) is 9.38. The summed E-state index contributed by atoms with van der Waals surface area (Å²) in [5, 5.41) is 7.80. The number of anilines is 1. The van der Waals surface area contributed by atoms with E-state index in [1.165, 1.54) is 29.7 Å². The molecule has 3 rings (SSSR count). The third kappa shape index (κ3) is 5.81. The van der Waals surface area contributed by atoms with Crippen molar-refractivity contribution in [2.75, 3.05) is 5.32 Å². The summed E-state index contributed by atoms with van der Waals surface area (Å²) in [7, 11) is 0. The van der Waals surface area contributed by atoms with E-state index in [4.69, 9.17) is 4.74 Å². The van der Waals surface area contributed by atoms with Crippen molar-refractivity contribution in [1.29, 1.82) is 0 Å². The predicted octanol–water partition coefficient (Wildman–Crippen LogP) is 3.20. The van der Waals surface area contributed by atoms with Gasteiger partial charge in [-0.1, -0.05) is 6.07 Å². The van der Waals surface area contributed by atoms with Crippen LogP contribution in [0.3, 0.4) is 0 Å². The number of ether oxygens (including phenoxy) is 1. The second-order valence-electron chi connectivity index (χ2n) is 5.60. The van der Waals surface area contributed by atoms with Gasteiger partial charge in [-0.2, -0.15) is 5.10 Å². The van der Waals surface area contributed by atoms with Gasteiger partial charge < -0.3 is 10.1 Å². The van der Waals surface area contributed by atoms with Crippen molar-refractivity contribution in [3.63, 3.8) is 0 Å². The number of hydrogen-bond donors (Lipinski definition) is 2. The van der Waals surface area contributed by atoms with Crippen LogP contribution in [0.5, 0.6) is 5.75 Å². The van der Waals surface area contributed by atoms with Crippen LogP contribution in [0.1, 0.15) is 15.2 Å². The highest BCUT2D eigenvalue weighted by atomic mass is 32.1. The lowest BCUT2D eigenvalue weighted by Gasteiger charge is -2.04. The fourth-order valence-electron chi connectivity index (χ4n) is 2.11. The molecule has 0 aliphatic carbocycles. The summed E-state index contributed by atoms with van der Waals surface area (Å²) in [6, 6.07) is 14.8. The molecule has 0 bridgehead atoms. The summed E-state index contributed by atoms with van der Waals surface area (Å²) in [5.41, 5.74) is 2.98. The molecule has 2 amide bonds. The number of esters is 1. The van der Waals surface area contributed by atoms with Gasteiger partial charge in [0.25, 0.3) is 0 Å². The number of amides is 2. The Kier molecular flexibility index (Phi) is 6.43. The Morgan fingerprint density at radius 1 is 0.966 bits per heavy atom. The van der Waals surface area contributed by atoms with E-state index in [0.717, 1.165) is 12.1 Å². The lowest BCUT2D eigenvalue weighted by atomic mass is 10.2. The van der Waals surface area contributed by atoms with Gasteiger partial charge >= 0.3 is 17.8 Å². The van der Waals surface area contributed by atoms with Crippen LogP contribution in [0.25, 0.3) is 0 Å². The zero-order valence-corrected chi connectivity index (χ0v) is 15.6. The van der Waals surface area contributed by atoms with Gasteiger partial charge in [0.2, 0.25) is 0 Å². The molecular formula is C20H14FN3O4S. The van der Waals surface area contributed by atoms with Gasteiger partial charge in [-0.3, -0.25) is 9.59 Å². The molecule has 0 fully saturated rings. The summed E-state index contributed by atoms with van der Waals surface area (Å²) in [6.45, 7) is 0. The van der Waals surface area contributed by atoms with Crippen molar-refractivity contribution < 1.29 is 23.5 Å². The number of hydrazone groups is 1. The molecule has 3 aromatic rings. The van der Waals surface area contributed by atoms with Crippen LogP contribution in [-0.4, -0.2) is 24.0 Å². The number of nitrogens with zero attached hydrogens (tertiary/aromatic N) is 1. The van der Waals surface area contributed by atoms with Gasteiger partial charge in [0.1, 0.15) is 16.4 Å². The monoisotopic (exact) mass is 411 g/mol. The number of carbonyl (C=O) groups is 3. The fourth-order valence-corrected chi connectivity index (χ4v) is 2.71. The molecule has 0 atom stereocenters. The van der Waals surface area contributed by atoms with Crippen LogP contribution < -0.4 is 15.5 Å². The first-order valence-corrected chi connectivity index (χ1v) is 9.15. The number of halogens is 1. The molecule has 0 aliphatic heterocycles.